The Morgan fingerprint density at radius 1 is 1.38 bits per heavy atom. The van der Waals surface area contributed by atoms with Gasteiger partial charge in [0.2, 0.25) is 0 Å². The van der Waals surface area contributed by atoms with Gasteiger partial charge in [0.15, 0.2) is 5.13 Å². The number of rotatable bonds is 4. The van der Waals surface area contributed by atoms with Gasteiger partial charge < -0.3 is 9.64 Å². The standard InChI is InChI=1S/C16H24N2O2S/c1-20-15(19)9-8-13-11-21-16(17-13)18-10-4-6-12-5-2-3-7-14(12)18/h11-12,14H,2-10H2,1H3/t12-,14-/m1/s1. The van der Waals surface area contributed by atoms with Crippen molar-refractivity contribution in [2.45, 2.75) is 57.4 Å². The maximum Gasteiger partial charge on any atom is 0.305 e. The second-order valence-corrected chi connectivity index (χ2v) is 6.98. The van der Waals surface area contributed by atoms with E-state index in [1.54, 1.807) is 11.3 Å². The maximum atomic E-state index is 11.2. The molecular weight excluding hydrogens is 284 g/mol. The van der Waals surface area contributed by atoms with Crippen molar-refractivity contribution < 1.29 is 9.53 Å². The van der Waals surface area contributed by atoms with Gasteiger partial charge in [-0.2, -0.15) is 0 Å². The van der Waals surface area contributed by atoms with Gasteiger partial charge in [0.05, 0.1) is 19.2 Å². The zero-order chi connectivity index (χ0) is 14.7. The fourth-order valence-corrected chi connectivity index (χ4v) is 4.68. The number of ether oxygens (including phenoxy) is 1. The number of carbonyl (C=O) groups is 1. The fourth-order valence-electron chi connectivity index (χ4n) is 3.74. The largest absolute Gasteiger partial charge is 0.469 e. The highest BCUT2D eigenvalue weighted by Crippen LogP contribution is 2.38. The Hall–Kier alpha value is -1.10. The topological polar surface area (TPSA) is 42.4 Å². The number of hydrogen-bond donors (Lipinski definition) is 0. The second-order valence-electron chi connectivity index (χ2n) is 6.15. The molecule has 1 aromatic rings. The van der Waals surface area contributed by atoms with E-state index in [2.05, 4.69) is 10.3 Å². The van der Waals surface area contributed by atoms with E-state index in [1.165, 1.54) is 45.6 Å². The number of carbonyl (C=O) groups excluding carboxylic acids is 1. The summed E-state index contributed by atoms with van der Waals surface area (Å²) in [5.74, 6) is 0.713. The summed E-state index contributed by atoms with van der Waals surface area (Å²) in [7, 11) is 1.44. The van der Waals surface area contributed by atoms with Crippen LogP contribution in [0.1, 0.15) is 50.6 Å². The van der Waals surface area contributed by atoms with Crippen molar-refractivity contribution in [3.63, 3.8) is 0 Å². The minimum Gasteiger partial charge on any atom is -0.469 e. The molecule has 0 unspecified atom stereocenters. The van der Waals surface area contributed by atoms with Crippen molar-refractivity contribution in [3.05, 3.63) is 11.1 Å². The van der Waals surface area contributed by atoms with Crippen LogP contribution in [-0.4, -0.2) is 30.6 Å². The molecule has 116 valence electrons. The Morgan fingerprint density at radius 3 is 3.05 bits per heavy atom. The van der Waals surface area contributed by atoms with Crippen LogP contribution in [-0.2, 0) is 16.0 Å². The summed E-state index contributed by atoms with van der Waals surface area (Å²) in [6.45, 7) is 1.14. The predicted molar refractivity (Wildman–Crippen MR) is 84.8 cm³/mol. The zero-order valence-electron chi connectivity index (χ0n) is 12.7. The van der Waals surface area contributed by atoms with Crippen molar-refractivity contribution >= 4 is 22.4 Å². The molecule has 0 radical (unpaired) electrons. The monoisotopic (exact) mass is 308 g/mol. The highest BCUT2D eigenvalue weighted by atomic mass is 32.1. The summed E-state index contributed by atoms with van der Waals surface area (Å²) in [5.41, 5.74) is 1.03. The molecule has 1 aliphatic heterocycles. The van der Waals surface area contributed by atoms with Crippen LogP contribution >= 0.6 is 11.3 Å². The smallest absolute Gasteiger partial charge is 0.305 e. The number of piperidine rings is 1. The third kappa shape index (κ3) is 3.39. The molecule has 2 fully saturated rings. The first kappa shape index (κ1) is 14.8. The Labute approximate surface area is 130 Å². The van der Waals surface area contributed by atoms with Crippen LogP contribution in [0.3, 0.4) is 0 Å². The number of esters is 1. The molecule has 1 aliphatic carbocycles. The van der Waals surface area contributed by atoms with E-state index in [4.69, 9.17) is 9.72 Å². The van der Waals surface area contributed by atoms with Crippen LogP contribution < -0.4 is 4.90 Å². The van der Waals surface area contributed by atoms with Crippen LogP contribution in [0.2, 0.25) is 0 Å². The third-order valence-electron chi connectivity index (χ3n) is 4.84. The molecule has 1 saturated heterocycles. The van der Waals surface area contributed by atoms with Gasteiger partial charge in [0, 0.05) is 24.4 Å². The first-order valence-electron chi connectivity index (χ1n) is 8.06. The molecule has 0 spiro atoms. The Bertz CT molecular complexity index is 486. The highest BCUT2D eigenvalue weighted by molar-refractivity contribution is 7.13. The number of thiazole rings is 1. The highest BCUT2D eigenvalue weighted by Gasteiger charge is 2.34. The number of nitrogens with zero attached hydrogens (tertiary/aromatic N) is 2. The molecule has 3 rings (SSSR count). The molecule has 5 heteroatoms. The molecular formula is C16H24N2O2S. The predicted octanol–water partition coefficient (Wildman–Crippen LogP) is 3.41. The number of aromatic nitrogens is 1. The lowest BCUT2D eigenvalue weighted by molar-refractivity contribution is -0.140. The lowest BCUT2D eigenvalue weighted by atomic mass is 9.78. The summed E-state index contributed by atoms with van der Waals surface area (Å²) in [4.78, 5) is 18.5. The van der Waals surface area contributed by atoms with Gasteiger partial charge in [0.25, 0.3) is 0 Å². The Morgan fingerprint density at radius 2 is 2.19 bits per heavy atom. The van der Waals surface area contributed by atoms with E-state index in [0.29, 0.717) is 18.9 Å². The molecule has 21 heavy (non-hydrogen) atoms. The molecule has 2 atom stereocenters. The first-order chi connectivity index (χ1) is 10.3. The van der Waals surface area contributed by atoms with Gasteiger partial charge >= 0.3 is 5.97 Å². The quantitative estimate of drug-likeness (QED) is 0.800. The molecule has 0 N–H and O–H groups in total. The molecule has 2 heterocycles. The van der Waals surface area contributed by atoms with Crippen molar-refractivity contribution in [3.8, 4) is 0 Å². The van der Waals surface area contributed by atoms with E-state index >= 15 is 0 Å². The lowest BCUT2D eigenvalue weighted by Gasteiger charge is -2.44. The second kappa shape index (κ2) is 6.77. The van der Waals surface area contributed by atoms with Gasteiger partial charge in [-0.1, -0.05) is 12.8 Å². The first-order valence-corrected chi connectivity index (χ1v) is 8.94. The van der Waals surface area contributed by atoms with Crippen LogP contribution in [0.4, 0.5) is 5.13 Å². The molecule has 0 bridgehead atoms. The van der Waals surface area contributed by atoms with Gasteiger partial charge in [-0.3, -0.25) is 4.79 Å². The number of anilines is 1. The van der Waals surface area contributed by atoms with Crippen molar-refractivity contribution in [2.75, 3.05) is 18.6 Å². The van der Waals surface area contributed by atoms with Crippen molar-refractivity contribution in [1.29, 1.82) is 0 Å². The average Bonchev–Trinajstić information content (AvgIpc) is 3.00. The van der Waals surface area contributed by atoms with Gasteiger partial charge in [0.1, 0.15) is 0 Å². The van der Waals surface area contributed by atoms with E-state index in [9.17, 15) is 4.79 Å². The minimum atomic E-state index is -0.158. The van der Waals surface area contributed by atoms with Crippen LogP contribution in [0.25, 0.3) is 0 Å². The summed E-state index contributed by atoms with van der Waals surface area (Å²) in [6.07, 6.45) is 9.26. The number of aryl methyl sites for hydroxylation is 1. The summed E-state index contributed by atoms with van der Waals surface area (Å²) in [5, 5.41) is 3.26. The van der Waals surface area contributed by atoms with Crippen molar-refractivity contribution in [2.24, 2.45) is 5.92 Å². The number of methoxy groups -OCH3 is 1. The molecule has 0 amide bonds. The molecule has 0 aromatic carbocycles. The molecule has 4 nitrogen and oxygen atoms in total. The summed E-state index contributed by atoms with van der Waals surface area (Å²) in [6, 6.07) is 0.701. The van der Waals surface area contributed by atoms with E-state index in [-0.39, 0.29) is 5.97 Å². The minimum absolute atomic E-state index is 0.158. The zero-order valence-corrected chi connectivity index (χ0v) is 13.5. The Balaban J connectivity index is 1.65. The maximum absolute atomic E-state index is 11.2. The molecule has 1 saturated carbocycles. The summed E-state index contributed by atoms with van der Waals surface area (Å²) < 4.78 is 4.69. The van der Waals surface area contributed by atoms with E-state index in [0.717, 1.165) is 23.3 Å². The fraction of sp³-hybridized carbons (Fsp3) is 0.750. The van der Waals surface area contributed by atoms with Gasteiger partial charge in [-0.05, 0) is 31.6 Å². The SMILES string of the molecule is COC(=O)CCc1csc(N2CCC[C@H]3CCCC[C@H]32)n1. The van der Waals surface area contributed by atoms with Crippen LogP contribution in [0.15, 0.2) is 5.38 Å². The van der Waals surface area contributed by atoms with Gasteiger partial charge in [-0.15, -0.1) is 11.3 Å². The van der Waals surface area contributed by atoms with Crippen molar-refractivity contribution in [1.82, 2.24) is 4.98 Å². The van der Waals surface area contributed by atoms with Gasteiger partial charge in [-0.25, -0.2) is 4.98 Å². The number of hydrogen-bond acceptors (Lipinski definition) is 5. The molecule has 2 aliphatic rings. The number of fused-ring (bicyclic) bond motifs is 1. The Kier molecular flexibility index (Phi) is 4.78. The van der Waals surface area contributed by atoms with E-state index < -0.39 is 0 Å². The summed E-state index contributed by atoms with van der Waals surface area (Å²) >= 11 is 1.73. The molecule has 1 aromatic heterocycles. The van der Waals surface area contributed by atoms with Crippen LogP contribution in [0.5, 0.6) is 0 Å². The van der Waals surface area contributed by atoms with E-state index in [1.807, 2.05) is 0 Å². The third-order valence-corrected chi connectivity index (χ3v) is 5.77. The normalized spacial score (nSPS) is 25.5. The average molecular weight is 308 g/mol. The van der Waals surface area contributed by atoms with Crippen LogP contribution in [0, 0.1) is 5.92 Å². The lowest BCUT2D eigenvalue weighted by Crippen LogP contribution is -2.46.